The predicted octanol–water partition coefficient (Wildman–Crippen LogP) is 2.24. The molecular weight excluding hydrogens is 298 g/mol. The van der Waals surface area contributed by atoms with Crippen molar-refractivity contribution in [2.24, 2.45) is 5.73 Å². The highest BCUT2D eigenvalue weighted by molar-refractivity contribution is 7.99. The second-order valence-electron chi connectivity index (χ2n) is 4.43. The fraction of sp³-hybridized carbons (Fsp3) is 0.250. The van der Waals surface area contributed by atoms with Gasteiger partial charge in [-0.25, -0.2) is 9.89 Å². The van der Waals surface area contributed by atoms with Gasteiger partial charge in [-0.2, -0.15) is 0 Å². The molecule has 20 heavy (non-hydrogen) atoms. The van der Waals surface area contributed by atoms with E-state index >= 15 is 0 Å². The van der Waals surface area contributed by atoms with Gasteiger partial charge < -0.3 is 5.73 Å². The van der Waals surface area contributed by atoms with E-state index in [1.165, 1.54) is 11.8 Å². The van der Waals surface area contributed by atoms with E-state index in [9.17, 15) is 4.79 Å². The molecule has 0 saturated carbocycles. The maximum Gasteiger partial charge on any atom is 0.344 e. The Balaban J connectivity index is 2.45. The van der Waals surface area contributed by atoms with Gasteiger partial charge in [-0.3, -0.25) is 9.98 Å². The molecule has 0 radical (unpaired) electrons. The number of aromatic amines is 1. The molecule has 6 nitrogen and oxygen atoms in total. The Morgan fingerprint density at radius 2 is 2.25 bits per heavy atom. The average Bonchev–Trinajstić information content (AvgIpc) is 2.72. The topological polar surface area (TPSA) is 101 Å². The van der Waals surface area contributed by atoms with Crippen molar-refractivity contribution in [2.45, 2.75) is 29.9 Å². The molecule has 0 atom stereocenters. The van der Waals surface area contributed by atoms with E-state index in [1.54, 1.807) is 22.8 Å². The highest BCUT2D eigenvalue weighted by atomic mass is 35.5. The van der Waals surface area contributed by atoms with Crippen molar-refractivity contribution in [1.82, 2.24) is 14.8 Å². The molecule has 0 saturated heterocycles. The number of halogens is 1. The molecule has 0 aliphatic carbocycles. The Labute approximate surface area is 124 Å². The number of nitrogen functional groups attached to an aromatic ring is 1. The predicted molar refractivity (Wildman–Crippen MR) is 79.8 cm³/mol. The third-order valence-electron chi connectivity index (χ3n) is 2.62. The number of hydrogen-bond acceptors (Lipinski definition) is 4. The molecule has 0 aliphatic rings. The van der Waals surface area contributed by atoms with E-state index < -0.39 is 0 Å². The van der Waals surface area contributed by atoms with Crippen LogP contribution >= 0.6 is 23.4 Å². The van der Waals surface area contributed by atoms with Crippen LogP contribution in [0.1, 0.15) is 25.5 Å². The number of rotatable bonds is 4. The van der Waals surface area contributed by atoms with E-state index in [0.717, 1.165) is 4.90 Å². The Kier molecular flexibility index (Phi) is 4.20. The Hall–Kier alpha value is -1.73. The largest absolute Gasteiger partial charge is 0.384 e. The first-order valence-electron chi connectivity index (χ1n) is 5.89. The number of amidine groups is 1. The number of hydrogen-bond donors (Lipinski definition) is 3. The number of benzene rings is 1. The molecule has 1 aromatic carbocycles. The summed E-state index contributed by atoms with van der Waals surface area (Å²) in [5, 5.41) is 15.0. The van der Waals surface area contributed by atoms with Crippen LogP contribution in [0.25, 0.3) is 0 Å². The van der Waals surface area contributed by atoms with Crippen molar-refractivity contribution in [3.05, 3.63) is 39.3 Å². The zero-order valence-corrected chi connectivity index (χ0v) is 12.5. The maximum atomic E-state index is 11.7. The van der Waals surface area contributed by atoms with Crippen molar-refractivity contribution in [2.75, 3.05) is 0 Å². The summed E-state index contributed by atoms with van der Waals surface area (Å²) in [6, 6.07) is 5.07. The molecule has 8 heteroatoms. The molecule has 0 aliphatic heterocycles. The lowest BCUT2D eigenvalue weighted by Gasteiger charge is -2.11. The summed E-state index contributed by atoms with van der Waals surface area (Å²) in [5.74, 6) is -0.0796. The maximum absolute atomic E-state index is 11.7. The van der Waals surface area contributed by atoms with Crippen molar-refractivity contribution >= 4 is 29.2 Å². The van der Waals surface area contributed by atoms with Crippen LogP contribution in [0.4, 0.5) is 0 Å². The van der Waals surface area contributed by atoms with Gasteiger partial charge >= 0.3 is 5.69 Å². The smallest absolute Gasteiger partial charge is 0.344 e. The second kappa shape index (κ2) is 5.72. The van der Waals surface area contributed by atoms with Crippen molar-refractivity contribution in [3.63, 3.8) is 0 Å². The Morgan fingerprint density at radius 1 is 1.55 bits per heavy atom. The summed E-state index contributed by atoms with van der Waals surface area (Å²) in [6.45, 7) is 3.80. The molecular formula is C12H14ClN5OS. The molecule has 0 spiro atoms. The third-order valence-corrected chi connectivity index (χ3v) is 3.90. The molecule has 0 unspecified atom stereocenters. The third kappa shape index (κ3) is 2.88. The van der Waals surface area contributed by atoms with Crippen LogP contribution in [0.2, 0.25) is 5.02 Å². The normalized spacial score (nSPS) is 11.0. The van der Waals surface area contributed by atoms with Gasteiger partial charge in [0.05, 0.1) is 0 Å². The Morgan fingerprint density at radius 3 is 2.85 bits per heavy atom. The lowest BCUT2D eigenvalue weighted by atomic mass is 10.2. The molecule has 106 valence electrons. The quantitative estimate of drug-likeness (QED) is 0.595. The monoisotopic (exact) mass is 311 g/mol. The SMILES string of the molecule is CC(C)n1c(Sc2ccc(Cl)cc2C(=N)N)n[nH]c1=O. The van der Waals surface area contributed by atoms with Gasteiger partial charge in [0, 0.05) is 21.5 Å². The molecule has 1 heterocycles. The fourth-order valence-corrected chi connectivity index (χ4v) is 2.98. The van der Waals surface area contributed by atoms with Gasteiger partial charge in [0.25, 0.3) is 0 Å². The lowest BCUT2D eigenvalue weighted by Crippen LogP contribution is -2.19. The number of H-pyrrole nitrogens is 1. The van der Waals surface area contributed by atoms with Crippen LogP contribution < -0.4 is 11.4 Å². The number of nitrogens with two attached hydrogens (primary N) is 1. The van der Waals surface area contributed by atoms with Crippen LogP contribution in [-0.2, 0) is 0 Å². The lowest BCUT2D eigenvalue weighted by molar-refractivity contribution is 0.534. The average molecular weight is 312 g/mol. The first-order valence-corrected chi connectivity index (χ1v) is 7.08. The molecule has 1 aromatic heterocycles. The first-order chi connectivity index (χ1) is 9.40. The van der Waals surface area contributed by atoms with Crippen LogP contribution in [0.15, 0.2) is 33.0 Å². The minimum Gasteiger partial charge on any atom is -0.384 e. The molecule has 0 amide bonds. The van der Waals surface area contributed by atoms with Gasteiger partial charge in [-0.15, -0.1) is 5.10 Å². The Bertz CT molecular complexity index is 706. The molecule has 2 aromatic rings. The highest BCUT2D eigenvalue weighted by Gasteiger charge is 2.15. The summed E-state index contributed by atoms with van der Waals surface area (Å²) < 4.78 is 1.54. The van der Waals surface area contributed by atoms with E-state index in [2.05, 4.69) is 10.2 Å². The molecule has 4 N–H and O–H groups in total. The summed E-state index contributed by atoms with van der Waals surface area (Å²) in [7, 11) is 0. The first kappa shape index (κ1) is 14.7. The summed E-state index contributed by atoms with van der Waals surface area (Å²) in [6.07, 6.45) is 0. The van der Waals surface area contributed by atoms with Gasteiger partial charge in [0.15, 0.2) is 5.16 Å². The van der Waals surface area contributed by atoms with Gasteiger partial charge in [-0.05, 0) is 43.8 Å². The molecule has 0 fully saturated rings. The zero-order valence-electron chi connectivity index (χ0n) is 11.0. The van der Waals surface area contributed by atoms with Gasteiger partial charge in [0.1, 0.15) is 5.84 Å². The van der Waals surface area contributed by atoms with Gasteiger partial charge in [0.2, 0.25) is 0 Å². The van der Waals surface area contributed by atoms with Gasteiger partial charge in [-0.1, -0.05) is 11.6 Å². The molecule has 0 bridgehead atoms. The van der Waals surface area contributed by atoms with Crippen LogP contribution in [0.3, 0.4) is 0 Å². The number of nitrogens with zero attached hydrogens (tertiary/aromatic N) is 2. The minimum absolute atomic E-state index is 0.0168. The van der Waals surface area contributed by atoms with Crippen LogP contribution in [0, 0.1) is 5.41 Å². The second-order valence-corrected chi connectivity index (χ2v) is 5.88. The van der Waals surface area contributed by atoms with E-state index in [-0.39, 0.29) is 17.6 Å². The summed E-state index contributed by atoms with van der Waals surface area (Å²) in [5.41, 5.74) is 5.81. The van der Waals surface area contributed by atoms with E-state index in [1.807, 2.05) is 13.8 Å². The highest BCUT2D eigenvalue weighted by Crippen LogP contribution is 2.31. The standard InChI is InChI=1S/C12H14ClN5OS/c1-6(2)18-11(19)16-17-12(18)20-9-4-3-7(13)5-8(9)10(14)15/h3-6H,1-2H3,(H3,14,15)(H,16,19). The van der Waals surface area contributed by atoms with Crippen molar-refractivity contribution < 1.29 is 0 Å². The number of nitrogens with one attached hydrogen (secondary N) is 2. The van der Waals surface area contributed by atoms with Crippen molar-refractivity contribution in [3.8, 4) is 0 Å². The summed E-state index contributed by atoms with van der Waals surface area (Å²) in [4.78, 5) is 12.4. The molecule has 2 rings (SSSR count). The van der Waals surface area contributed by atoms with E-state index in [4.69, 9.17) is 22.7 Å². The minimum atomic E-state index is -0.263. The van der Waals surface area contributed by atoms with Crippen molar-refractivity contribution in [1.29, 1.82) is 5.41 Å². The fourth-order valence-electron chi connectivity index (χ4n) is 1.72. The van der Waals surface area contributed by atoms with E-state index in [0.29, 0.717) is 15.7 Å². The zero-order chi connectivity index (χ0) is 14.9. The van der Waals surface area contributed by atoms with Crippen LogP contribution in [-0.4, -0.2) is 20.6 Å². The van der Waals surface area contributed by atoms with Crippen LogP contribution in [0.5, 0.6) is 0 Å². The number of aromatic nitrogens is 3. The summed E-state index contributed by atoms with van der Waals surface area (Å²) >= 11 is 7.18.